The van der Waals surface area contributed by atoms with Crippen LogP contribution in [0.3, 0.4) is 0 Å². The van der Waals surface area contributed by atoms with Gasteiger partial charge in [-0.05, 0) is 41.8 Å². The van der Waals surface area contributed by atoms with Crippen molar-refractivity contribution in [2.45, 2.75) is 13.3 Å². The minimum Gasteiger partial charge on any atom is -0.330 e. The van der Waals surface area contributed by atoms with Gasteiger partial charge < -0.3 is 5.73 Å². The van der Waals surface area contributed by atoms with Crippen LogP contribution in [-0.4, -0.2) is 6.54 Å². The number of hydrogen-bond acceptors (Lipinski definition) is 1. The first-order valence-electron chi connectivity index (χ1n) is 5.00. The Bertz CT molecular complexity index is 451. The van der Waals surface area contributed by atoms with Crippen LogP contribution in [0.15, 0.2) is 36.4 Å². The van der Waals surface area contributed by atoms with Gasteiger partial charge in [0.2, 0.25) is 0 Å². The highest BCUT2D eigenvalue weighted by Gasteiger charge is 2.00. The first-order valence-corrected chi connectivity index (χ1v) is 5.00. The van der Waals surface area contributed by atoms with E-state index in [1.807, 2.05) is 0 Å². The van der Waals surface area contributed by atoms with Crippen molar-refractivity contribution in [3.8, 4) is 0 Å². The smallest absolute Gasteiger partial charge is 0.00365 e. The lowest BCUT2D eigenvalue weighted by Gasteiger charge is -2.06. The Morgan fingerprint density at radius 1 is 1.00 bits per heavy atom. The zero-order chi connectivity index (χ0) is 9.97. The van der Waals surface area contributed by atoms with Crippen LogP contribution in [0.2, 0.25) is 0 Å². The fourth-order valence-corrected chi connectivity index (χ4v) is 1.91. The molecule has 2 rings (SSSR count). The third-order valence-electron chi connectivity index (χ3n) is 2.64. The van der Waals surface area contributed by atoms with Gasteiger partial charge in [0.05, 0.1) is 0 Å². The van der Waals surface area contributed by atoms with Crippen LogP contribution in [0, 0.1) is 6.92 Å². The normalized spacial score (nSPS) is 10.0. The first kappa shape index (κ1) is 12.0. The maximum absolute atomic E-state index is 5.59. The van der Waals surface area contributed by atoms with Crippen LogP contribution in [0.1, 0.15) is 11.1 Å². The van der Waals surface area contributed by atoms with Crippen LogP contribution in [0.25, 0.3) is 10.8 Å². The van der Waals surface area contributed by atoms with Gasteiger partial charge in [0.25, 0.3) is 0 Å². The van der Waals surface area contributed by atoms with E-state index in [1.54, 1.807) is 0 Å². The molecule has 1 nitrogen and oxygen atoms in total. The lowest BCUT2D eigenvalue weighted by atomic mass is 9.99. The molecule has 0 aromatic heterocycles. The standard InChI is InChI=1S/C13H15N.ClH/c1-10-4-2-7-13-11(8-9-14)5-3-6-12(10)13;/h2-7H,8-9,14H2,1H3;1H. The molecule has 0 unspecified atom stereocenters. The van der Waals surface area contributed by atoms with E-state index in [4.69, 9.17) is 5.73 Å². The molecule has 2 N–H and O–H groups in total. The molecular formula is C13H16ClN. The summed E-state index contributed by atoms with van der Waals surface area (Å²) in [7, 11) is 0. The molecule has 0 aliphatic heterocycles. The SMILES string of the molecule is Cc1cccc2c(CCN)cccc12.Cl. The number of halogens is 1. The van der Waals surface area contributed by atoms with Gasteiger partial charge >= 0.3 is 0 Å². The minimum atomic E-state index is 0. The average Bonchev–Trinajstić information content (AvgIpc) is 2.20. The maximum Gasteiger partial charge on any atom is -0.00365 e. The molecule has 80 valence electrons. The Morgan fingerprint density at radius 2 is 1.67 bits per heavy atom. The van der Waals surface area contributed by atoms with Crippen molar-refractivity contribution in [2.75, 3.05) is 6.54 Å². The fraction of sp³-hybridized carbons (Fsp3) is 0.231. The highest BCUT2D eigenvalue weighted by Crippen LogP contribution is 2.21. The van der Waals surface area contributed by atoms with E-state index in [0.29, 0.717) is 6.54 Å². The van der Waals surface area contributed by atoms with Crippen molar-refractivity contribution in [3.05, 3.63) is 47.5 Å². The van der Waals surface area contributed by atoms with E-state index in [2.05, 4.69) is 43.3 Å². The second-order valence-corrected chi connectivity index (χ2v) is 3.63. The van der Waals surface area contributed by atoms with E-state index in [-0.39, 0.29) is 12.4 Å². The molecule has 15 heavy (non-hydrogen) atoms. The summed E-state index contributed by atoms with van der Waals surface area (Å²) < 4.78 is 0. The van der Waals surface area contributed by atoms with E-state index in [1.165, 1.54) is 21.9 Å². The lowest BCUT2D eigenvalue weighted by molar-refractivity contribution is 0.977. The minimum absolute atomic E-state index is 0. The van der Waals surface area contributed by atoms with Crippen molar-refractivity contribution in [1.82, 2.24) is 0 Å². The summed E-state index contributed by atoms with van der Waals surface area (Å²) in [4.78, 5) is 0. The molecule has 0 fully saturated rings. The highest BCUT2D eigenvalue weighted by molar-refractivity contribution is 5.88. The zero-order valence-electron chi connectivity index (χ0n) is 8.86. The largest absolute Gasteiger partial charge is 0.330 e. The Hall–Kier alpha value is -1.05. The molecule has 0 amide bonds. The molecule has 2 aromatic rings. The van der Waals surface area contributed by atoms with E-state index in [9.17, 15) is 0 Å². The number of hydrogen-bond donors (Lipinski definition) is 1. The number of nitrogens with two attached hydrogens (primary N) is 1. The van der Waals surface area contributed by atoms with Crippen molar-refractivity contribution >= 4 is 23.2 Å². The van der Waals surface area contributed by atoms with Crippen LogP contribution in [-0.2, 0) is 6.42 Å². The second-order valence-electron chi connectivity index (χ2n) is 3.63. The molecule has 0 saturated carbocycles. The average molecular weight is 222 g/mol. The molecule has 0 aliphatic rings. The summed E-state index contributed by atoms with van der Waals surface area (Å²) in [6.45, 7) is 2.86. The fourth-order valence-electron chi connectivity index (χ4n) is 1.91. The summed E-state index contributed by atoms with van der Waals surface area (Å²) in [5.74, 6) is 0. The molecule has 0 aliphatic carbocycles. The van der Waals surface area contributed by atoms with Crippen molar-refractivity contribution in [1.29, 1.82) is 0 Å². The highest BCUT2D eigenvalue weighted by atomic mass is 35.5. The molecule has 0 saturated heterocycles. The van der Waals surface area contributed by atoms with Crippen molar-refractivity contribution < 1.29 is 0 Å². The Labute approximate surface area is 96.7 Å². The van der Waals surface area contributed by atoms with Crippen molar-refractivity contribution in [2.24, 2.45) is 5.73 Å². The molecule has 0 spiro atoms. The molecule has 0 radical (unpaired) electrons. The molecule has 0 bridgehead atoms. The predicted molar refractivity (Wildman–Crippen MR) is 68.7 cm³/mol. The molecule has 0 atom stereocenters. The van der Waals surface area contributed by atoms with Crippen molar-refractivity contribution in [3.63, 3.8) is 0 Å². The molecule has 0 heterocycles. The van der Waals surface area contributed by atoms with Gasteiger partial charge in [0.15, 0.2) is 0 Å². The van der Waals surface area contributed by atoms with Gasteiger partial charge in [-0.25, -0.2) is 0 Å². The summed E-state index contributed by atoms with van der Waals surface area (Å²) in [5, 5.41) is 2.69. The zero-order valence-corrected chi connectivity index (χ0v) is 9.68. The first-order chi connectivity index (χ1) is 6.83. The summed E-state index contributed by atoms with van der Waals surface area (Å²) in [5.41, 5.74) is 8.28. The molecule has 2 aromatic carbocycles. The number of aryl methyl sites for hydroxylation is 1. The quantitative estimate of drug-likeness (QED) is 0.829. The maximum atomic E-state index is 5.59. The third-order valence-corrected chi connectivity index (χ3v) is 2.64. The van der Waals surface area contributed by atoms with Gasteiger partial charge in [0.1, 0.15) is 0 Å². The second kappa shape index (κ2) is 5.15. The number of benzene rings is 2. The van der Waals surface area contributed by atoms with Gasteiger partial charge in [0, 0.05) is 0 Å². The monoisotopic (exact) mass is 221 g/mol. The van der Waals surface area contributed by atoms with E-state index in [0.717, 1.165) is 6.42 Å². The summed E-state index contributed by atoms with van der Waals surface area (Å²) in [6, 6.07) is 12.9. The van der Waals surface area contributed by atoms with Crippen LogP contribution >= 0.6 is 12.4 Å². The van der Waals surface area contributed by atoms with E-state index < -0.39 is 0 Å². The summed E-state index contributed by atoms with van der Waals surface area (Å²) in [6.07, 6.45) is 0.959. The molecular weight excluding hydrogens is 206 g/mol. The Kier molecular flexibility index (Phi) is 4.13. The van der Waals surface area contributed by atoms with E-state index >= 15 is 0 Å². The Morgan fingerprint density at radius 3 is 2.40 bits per heavy atom. The molecule has 2 heteroatoms. The van der Waals surface area contributed by atoms with Crippen LogP contribution < -0.4 is 5.73 Å². The van der Waals surface area contributed by atoms with Gasteiger partial charge in [-0.1, -0.05) is 36.4 Å². The van der Waals surface area contributed by atoms with Crippen LogP contribution in [0.5, 0.6) is 0 Å². The van der Waals surface area contributed by atoms with Gasteiger partial charge in [-0.15, -0.1) is 12.4 Å². The van der Waals surface area contributed by atoms with Crippen LogP contribution in [0.4, 0.5) is 0 Å². The summed E-state index contributed by atoms with van der Waals surface area (Å²) >= 11 is 0. The third kappa shape index (κ3) is 2.31. The Balaban J connectivity index is 0.00000112. The topological polar surface area (TPSA) is 26.0 Å². The number of rotatable bonds is 2. The number of fused-ring (bicyclic) bond motifs is 1. The lowest BCUT2D eigenvalue weighted by Crippen LogP contribution is -2.03. The van der Waals surface area contributed by atoms with Gasteiger partial charge in [-0.2, -0.15) is 0 Å². The van der Waals surface area contributed by atoms with Gasteiger partial charge in [-0.3, -0.25) is 0 Å². The predicted octanol–water partition coefficient (Wildman–Crippen LogP) is 3.07.